The van der Waals surface area contributed by atoms with Crippen LogP contribution >= 0.6 is 0 Å². The lowest BCUT2D eigenvalue weighted by molar-refractivity contribution is -0.187. The van der Waals surface area contributed by atoms with Gasteiger partial charge in [0.25, 0.3) is 0 Å². The second kappa shape index (κ2) is 12.1. The average Bonchev–Trinajstić information content (AvgIpc) is 3.40. The van der Waals surface area contributed by atoms with Crippen molar-refractivity contribution < 1.29 is 28.2 Å². The summed E-state index contributed by atoms with van der Waals surface area (Å²) in [6.45, 7) is 12.6. The van der Waals surface area contributed by atoms with E-state index >= 15 is 0 Å². The summed E-state index contributed by atoms with van der Waals surface area (Å²) in [7, 11) is -0.634. The Morgan fingerprint density at radius 3 is 2.15 bits per heavy atom. The Kier molecular flexibility index (Phi) is 9.21. The van der Waals surface area contributed by atoms with E-state index in [1.54, 1.807) is 0 Å². The minimum absolute atomic E-state index is 0.0714. The number of para-hydroxylation sites is 1. The minimum atomic E-state index is -2.00. The van der Waals surface area contributed by atoms with Gasteiger partial charge in [0.15, 0.2) is 14.1 Å². The molecule has 1 aliphatic heterocycles. The van der Waals surface area contributed by atoms with Gasteiger partial charge in [-0.2, -0.15) is 0 Å². The number of carbonyl (C=O) groups excluding carboxylic acids is 2. The molecular formula is C31H44N2O6Si. The third kappa shape index (κ3) is 6.66. The van der Waals surface area contributed by atoms with Crippen molar-refractivity contribution in [1.82, 2.24) is 5.32 Å². The third-order valence-corrected chi connectivity index (χ3v) is 13.2. The van der Waals surface area contributed by atoms with Gasteiger partial charge < -0.3 is 24.0 Å². The lowest BCUT2D eigenvalue weighted by Gasteiger charge is -2.44. The number of nitrogens with one attached hydrogen (secondary N) is 2. The molecule has 2 aromatic rings. The fourth-order valence-corrected chi connectivity index (χ4v) is 6.03. The number of esters is 1. The van der Waals surface area contributed by atoms with E-state index in [1.165, 1.54) is 7.11 Å². The van der Waals surface area contributed by atoms with Crippen LogP contribution in [0.15, 0.2) is 54.6 Å². The molecule has 9 heteroatoms. The first-order chi connectivity index (χ1) is 18.9. The molecule has 0 radical (unpaired) electrons. The van der Waals surface area contributed by atoms with Crippen molar-refractivity contribution in [3.63, 3.8) is 0 Å². The van der Waals surface area contributed by atoms with Gasteiger partial charge in [0.2, 0.25) is 5.91 Å². The van der Waals surface area contributed by atoms with Crippen molar-refractivity contribution >= 4 is 25.9 Å². The molecule has 8 nitrogen and oxygen atoms in total. The van der Waals surface area contributed by atoms with Gasteiger partial charge >= 0.3 is 5.97 Å². The molecule has 2 N–H and O–H groups in total. The van der Waals surface area contributed by atoms with Crippen LogP contribution in [0.1, 0.15) is 63.6 Å². The molecule has 1 amide bonds. The zero-order valence-corrected chi connectivity index (χ0v) is 25.7. The lowest BCUT2D eigenvalue weighted by Crippen LogP contribution is -2.60. The van der Waals surface area contributed by atoms with Crippen molar-refractivity contribution in [2.45, 2.75) is 88.6 Å². The Morgan fingerprint density at radius 2 is 1.55 bits per heavy atom. The van der Waals surface area contributed by atoms with Gasteiger partial charge in [0.1, 0.15) is 6.04 Å². The molecule has 2 aliphatic rings. The molecule has 1 aliphatic carbocycles. The zero-order chi connectivity index (χ0) is 29.0. The summed E-state index contributed by atoms with van der Waals surface area (Å²) in [6.07, 6.45) is 1.93. The minimum Gasteiger partial charge on any atom is -0.468 e. The van der Waals surface area contributed by atoms with Crippen molar-refractivity contribution in [2.24, 2.45) is 0 Å². The van der Waals surface area contributed by atoms with E-state index in [2.05, 4.69) is 44.5 Å². The summed E-state index contributed by atoms with van der Waals surface area (Å²) in [5.74, 6) is -1.33. The Labute approximate surface area is 239 Å². The van der Waals surface area contributed by atoms with Crippen LogP contribution in [-0.4, -0.2) is 51.8 Å². The Bertz CT molecular complexity index is 1160. The number of hydrogen-bond donors (Lipinski definition) is 2. The number of carbonyl (C=O) groups is 2. The quantitative estimate of drug-likeness (QED) is 0.296. The second-order valence-electron chi connectivity index (χ2n) is 12.4. The number of benzene rings is 2. The van der Waals surface area contributed by atoms with Crippen molar-refractivity contribution in [3.8, 4) is 0 Å². The summed E-state index contributed by atoms with van der Waals surface area (Å²) in [4.78, 5) is 27.2. The third-order valence-electron chi connectivity index (χ3n) is 8.76. The summed E-state index contributed by atoms with van der Waals surface area (Å²) in [6, 6.07) is 16.3. The zero-order valence-electron chi connectivity index (χ0n) is 24.7. The van der Waals surface area contributed by atoms with E-state index in [9.17, 15) is 9.59 Å². The highest BCUT2D eigenvalue weighted by Crippen LogP contribution is 2.42. The Morgan fingerprint density at radius 1 is 0.950 bits per heavy atom. The van der Waals surface area contributed by atoms with Crippen molar-refractivity contribution in [1.29, 1.82) is 0 Å². The highest BCUT2D eigenvalue weighted by molar-refractivity contribution is 6.74. The molecule has 1 heterocycles. The molecule has 0 unspecified atom stereocenters. The van der Waals surface area contributed by atoms with Crippen LogP contribution in [0.4, 0.5) is 5.69 Å². The number of hydrogen-bond acceptors (Lipinski definition) is 7. The van der Waals surface area contributed by atoms with Crippen LogP contribution in [0.5, 0.6) is 0 Å². The van der Waals surface area contributed by atoms with Gasteiger partial charge in [-0.15, -0.1) is 0 Å². The molecule has 1 spiro atoms. The van der Waals surface area contributed by atoms with Gasteiger partial charge in [0, 0.05) is 18.5 Å². The molecule has 1 saturated heterocycles. The first-order valence-corrected chi connectivity index (χ1v) is 17.0. The molecule has 1 atom stereocenters. The molecule has 4 rings (SSSR count). The SMILES string of the molecule is COC(=O)[C@@H](NC1(C(=O)Nc2ccccc2CO[Si](C)(C)C(C)(C)C)CCC2(CC1)OCCO2)c1ccccc1. The maximum absolute atomic E-state index is 14.2. The summed E-state index contributed by atoms with van der Waals surface area (Å²) >= 11 is 0. The molecule has 2 aromatic carbocycles. The first-order valence-electron chi connectivity index (χ1n) is 14.1. The van der Waals surface area contributed by atoms with Crippen LogP contribution in [0, 0.1) is 0 Å². The first kappa shape index (κ1) is 30.4. The fraction of sp³-hybridized carbons (Fsp3) is 0.548. The molecule has 1 saturated carbocycles. The van der Waals surface area contributed by atoms with Gasteiger partial charge in [0.05, 0.1) is 32.5 Å². The predicted octanol–water partition coefficient (Wildman–Crippen LogP) is 5.71. The number of amides is 1. The monoisotopic (exact) mass is 568 g/mol. The molecular weight excluding hydrogens is 524 g/mol. The Hall–Kier alpha value is -2.56. The van der Waals surface area contributed by atoms with Crippen molar-refractivity contribution in [3.05, 3.63) is 65.7 Å². The molecule has 2 fully saturated rings. The van der Waals surface area contributed by atoms with Crippen LogP contribution in [0.2, 0.25) is 18.1 Å². The maximum Gasteiger partial charge on any atom is 0.327 e. The van der Waals surface area contributed by atoms with Crippen LogP contribution in [0.3, 0.4) is 0 Å². The van der Waals surface area contributed by atoms with Gasteiger partial charge in [-0.25, -0.2) is 4.79 Å². The smallest absolute Gasteiger partial charge is 0.327 e. The normalized spacial score (nSPS) is 19.2. The van der Waals surface area contributed by atoms with Crippen LogP contribution < -0.4 is 10.6 Å². The second-order valence-corrected chi connectivity index (χ2v) is 17.2. The average molecular weight is 569 g/mol. The van der Waals surface area contributed by atoms with E-state index in [0.29, 0.717) is 51.2 Å². The van der Waals surface area contributed by atoms with Crippen LogP contribution in [-0.2, 0) is 34.8 Å². The molecule has 40 heavy (non-hydrogen) atoms. The fourth-order valence-electron chi connectivity index (χ4n) is 5.08. The van der Waals surface area contributed by atoms with Crippen LogP contribution in [0.25, 0.3) is 0 Å². The number of methoxy groups -OCH3 is 1. The van der Waals surface area contributed by atoms with Gasteiger partial charge in [-0.3, -0.25) is 10.1 Å². The van der Waals surface area contributed by atoms with E-state index < -0.39 is 31.7 Å². The molecule has 0 bridgehead atoms. The van der Waals surface area contributed by atoms with Crippen molar-refractivity contribution in [2.75, 3.05) is 25.6 Å². The summed E-state index contributed by atoms with van der Waals surface area (Å²) < 4.78 is 23.6. The maximum atomic E-state index is 14.2. The van der Waals surface area contributed by atoms with E-state index in [1.807, 2.05) is 54.6 Å². The Balaban J connectivity index is 1.61. The van der Waals surface area contributed by atoms with Gasteiger partial charge in [-0.05, 0) is 48.2 Å². The summed E-state index contributed by atoms with van der Waals surface area (Å²) in [5, 5.41) is 6.70. The number of ether oxygens (including phenoxy) is 3. The topological polar surface area (TPSA) is 95.1 Å². The molecule has 218 valence electrons. The summed E-state index contributed by atoms with van der Waals surface area (Å²) in [5.41, 5.74) is 1.30. The highest BCUT2D eigenvalue weighted by Gasteiger charge is 2.51. The number of rotatable bonds is 9. The van der Waals surface area contributed by atoms with Gasteiger partial charge in [-0.1, -0.05) is 69.3 Å². The molecule has 0 aromatic heterocycles. The highest BCUT2D eigenvalue weighted by atomic mass is 28.4. The predicted molar refractivity (Wildman–Crippen MR) is 157 cm³/mol. The standard InChI is InChI=1S/C31H44N2O6Si/c1-29(2,3)40(5,6)39-22-24-14-10-11-15-25(24)32-28(35)30(16-18-31(19-17-30)37-20-21-38-31)33-26(27(34)36-4)23-12-8-7-9-13-23/h7-15,26,33H,16-22H2,1-6H3,(H,32,35)/t26-/m0/s1. The van der Waals surface area contributed by atoms with E-state index in [0.717, 1.165) is 11.1 Å². The number of anilines is 1. The lowest BCUT2D eigenvalue weighted by atomic mass is 9.77. The largest absolute Gasteiger partial charge is 0.468 e. The van der Waals surface area contributed by atoms with E-state index in [-0.39, 0.29) is 10.9 Å². The van der Waals surface area contributed by atoms with E-state index in [4.69, 9.17) is 18.6 Å².